The monoisotopic (exact) mass is 367 g/mol. The zero-order valence-electron chi connectivity index (χ0n) is 15.6. The van der Waals surface area contributed by atoms with Crippen molar-refractivity contribution in [3.8, 4) is 5.75 Å². The molecule has 0 fully saturated rings. The highest BCUT2D eigenvalue weighted by Crippen LogP contribution is 2.41. The third-order valence-corrected chi connectivity index (χ3v) is 4.83. The Labute approximate surface area is 157 Å². The summed E-state index contributed by atoms with van der Waals surface area (Å²) in [6, 6.07) is 10.3. The summed E-state index contributed by atoms with van der Waals surface area (Å²) in [5, 5.41) is 15.5. The van der Waals surface area contributed by atoms with Crippen LogP contribution in [0, 0.1) is 0 Å². The van der Waals surface area contributed by atoms with Crippen molar-refractivity contribution in [2.24, 2.45) is 0 Å². The van der Waals surface area contributed by atoms with Gasteiger partial charge in [0.05, 0.1) is 31.4 Å². The number of rotatable bonds is 3. The summed E-state index contributed by atoms with van der Waals surface area (Å²) >= 11 is 0. The summed E-state index contributed by atoms with van der Waals surface area (Å²) in [6.07, 6.45) is 0. The van der Waals surface area contributed by atoms with Crippen LogP contribution in [-0.4, -0.2) is 31.3 Å². The summed E-state index contributed by atoms with van der Waals surface area (Å²) in [6.45, 7) is 3.41. The molecular weight excluding hydrogens is 346 g/mol. The molecule has 2 aromatic carbocycles. The Morgan fingerprint density at radius 2 is 1.67 bits per heavy atom. The molecule has 0 aliphatic carbocycles. The summed E-state index contributed by atoms with van der Waals surface area (Å²) in [5.74, 6) is -1.07. The van der Waals surface area contributed by atoms with Gasteiger partial charge in [0.15, 0.2) is 0 Å². The van der Waals surface area contributed by atoms with E-state index in [0.29, 0.717) is 16.8 Å². The zero-order valence-corrected chi connectivity index (χ0v) is 15.6. The average Bonchev–Trinajstić information content (AvgIpc) is 2.66. The number of phenolic OH excluding ortho intramolecular Hbond substituents is 1. The number of methoxy groups -OCH3 is 2. The number of phenols is 1. The van der Waals surface area contributed by atoms with Crippen LogP contribution in [0.3, 0.4) is 0 Å². The molecule has 1 atom stereocenters. The topological polar surface area (TPSA) is 84.9 Å². The predicted molar refractivity (Wildman–Crippen MR) is 101 cm³/mol. The number of allylic oxidation sites excluding steroid dienone is 1. The molecule has 6 heteroatoms. The van der Waals surface area contributed by atoms with Crippen molar-refractivity contribution in [1.29, 1.82) is 0 Å². The van der Waals surface area contributed by atoms with E-state index in [1.54, 1.807) is 19.9 Å². The summed E-state index contributed by atoms with van der Waals surface area (Å²) < 4.78 is 9.82. The molecule has 1 heterocycles. The first-order chi connectivity index (χ1) is 12.9. The Morgan fingerprint density at radius 1 is 1.00 bits per heavy atom. The van der Waals surface area contributed by atoms with E-state index in [0.717, 1.165) is 10.8 Å². The lowest BCUT2D eigenvalue weighted by Gasteiger charge is -2.31. The second-order valence-corrected chi connectivity index (χ2v) is 6.32. The minimum Gasteiger partial charge on any atom is -0.508 e. The number of nitrogens with one attached hydrogen (secondary N) is 1. The molecule has 0 amide bonds. The normalized spacial score (nSPS) is 17.0. The Balaban J connectivity index is 2.29. The molecule has 0 spiro atoms. The smallest absolute Gasteiger partial charge is 0.339 e. The fourth-order valence-corrected chi connectivity index (χ4v) is 3.59. The maximum absolute atomic E-state index is 12.6. The summed E-state index contributed by atoms with van der Waals surface area (Å²) in [7, 11) is 2.57. The molecule has 27 heavy (non-hydrogen) atoms. The third-order valence-electron chi connectivity index (χ3n) is 4.83. The van der Waals surface area contributed by atoms with E-state index in [2.05, 4.69) is 5.32 Å². The highest BCUT2D eigenvalue weighted by molar-refractivity contribution is 6.01. The van der Waals surface area contributed by atoms with E-state index in [9.17, 15) is 14.7 Å². The Hall–Kier alpha value is -3.28. The lowest BCUT2D eigenvalue weighted by atomic mass is 9.85. The predicted octanol–water partition coefficient (Wildman–Crippen LogP) is 3.13. The van der Waals surface area contributed by atoms with Gasteiger partial charge in [-0.15, -0.1) is 0 Å². The van der Waals surface area contributed by atoms with E-state index in [1.807, 2.05) is 30.3 Å². The number of hydrogen-bond acceptors (Lipinski definition) is 6. The quantitative estimate of drug-likeness (QED) is 0.811. The van der Waals surface area contributed by atoms with E-state index < -0.39 is 18.0 Å². The molecule has 0 saturated heterocycles. The zero-order chi connectivity index (χ0) is 19.7. The molecule has 6 nitrogen and oxygen atoms in total. The van der Waals surface area contributed by atoms with E-state index >= 15 is 0 Å². The van der Waals surface area contributed by atoms with Crippen LogP contribution in [-0.2, 0) is 19.1 Å². The molecule has 2 aromatic rings. The van der Waals surface area contributed by atoms with Crippen LogP contribution in [0.1, 0.15) is 25.5 Å². The molecule has 1 aliphatic rings. The summed E-state index contributed by atoms with van der Waals surface area (Å²) in [5.41, 5.74) is 2.12. The third kappa shape index (κ3) is 3.03. The Bertz CT molecular complexity index is 1000. The summed E-state index contributed by atoms with van der Waals surface area (Å²) in [4.78, 5) is 24.8. The van der Waals surface area contributed by atoms with Gasteiger partial charge in [-0.2, -0.15) is 0 Å². The van der Waals surface area contributed by atoms with Crippen molar-refractivity contribution in [3.05, 3.63) is 64.4 Å². The van der Waals surface area contributed by atoms with Gasteiger partial charge in [-0.25, -0.2) is 9.59 Å². The van der Waals surface area contributed by atoms with E-state index in [-0.39, 0.29) is 16.9 Å². The van der Waals surface area contributed by atoms with Crippen LogP contribution in [0.15, 0.2) is 58.8 Å². The molecule has 0 unspecified atom stereocenters. The maximum Gasteiger partial charge on any atom is 0.339 e. The number of benzene rings is 2. The first kappa shape index (κ1) is 18.5. The molecule has 3 rings (SSSR count). The molecular formula is C21H21NO5. The molecule has 0 saturated carbocycles. The van der Waals surface area contributed by atoms with E-state index in [4.69, 9.17) is 9.47 Å². The van der Waals surface area contributed by atoms with Crippen molar-refractivity contribution in [2.45, 2.75) is 19.9 Å². The van der Waals surface area contributed by atoms with Gasteiger partial charge in [0.25, 0.3) is 0 Å². The SMILES string of the molecule is COC(=O)C1=C(C)N[C@H](c2c(O)ccc3ccccc23)C(C(=O)OC)=C1C. The average molecular weight is 367 g/mol. The molecule has 2 N–H and O–H groups in total. The fraction of sp³-hybridized carbons (Fsp3) is 0.238. The van der Waals surface area contributed by atoms with Gasteiger partial charge in [0.1, 0.15) is 5.75 Å². The van der Waals surface area contributed by atoms with Crippen molar-refractivity contribution in [1.82, 2.24) is 5.32 Å². The Kier molecular flexibility index (Phi) is 4.90. The number of aromatic hydroxyl groups is 1. The minimum absolute atomic E-state index is 0.0507. The van der Waals surface area contributed by atoms with Gasteiger partial charge >= 0.3 is 11.9 Å². The van der Waals surface area contributed by atoms with Crippen molar-refractivity contribution < 1.29 is 24.2 Å². The van der Waals surface area contributed by atoms with Crippen LogP contribution < -0.4 is 5.32 Å². The Morgan fingerprint density at radius 3 is 2.33 bits per heavy atom. The molecule has 140 valence electrons. The molecule has 0 radical (unpaired) electrons. The second-order valence-electron chi connectivity index (χ2n) is 6.32. The number of fused-ring (bicyclic) bond motifs is 1. The van der Waals surface area contributed by atoms with Crippen LogP contribution in [0.5, 0.6) is 5.75 Å². The number of dihydropyridines is 1. The first-order valence-corrected chi connectivity index (χ1v) is 8.46. The minimum atomic E-state index is -0.669. The van der Waals surface area contributed by atoms with Crippen molar-refractivity contribution in [3.63, 3.8) is 0 Å². The largest absolute Gasteiger partial charge is 0.508 e. The molecule has 0 bridgehead atoms. The van der Waals surface area contributed by atoms with Gasteiger partial charge in [-0.1, -0.05) is 30.3 Å². The van der Waals surface area contributed by atoms with Crippen LogP contribution in [0.2, 0.25) is 0 Å². The number of carbonyl (C=O) groups is 2. The lowest BCUT2D eigenvalue weighted by molar-refractivity contribution is -0.136. The highest BCUT2D eigenvalue weighted by Gasteiger charge is 2.36. The standard InChI is InChI=1S/C21H21NO5/c1-11-16(20(24)26-3)12(2)22-19(17(11)21(25)27-4)18-14-8-6-5-7-13(14)9-10-15(18)23/h5-10,19,22-23H,1-4H3/t19-/m0/s1. The molecule has 0 aromatic heterocycles. The maximum atomic E-state index is 12.6. The fourth-order valence-electron chi connectivity index (χ4n) is 3.59. The van der Waals surface area contributed by atoms with Crippen LogP contribution >= 0.6 is 0 Å². The molecule has 1 aliphatic heterocycles. The highest BCUT2D eigenvalue weighted by atomic mass is 16.5. The van der Waals surface area contributed by atoms with Gasteiger partial charge in [-0.05, 0) is 36.3 Å². The number of hydrogen-bond donors (Lipinski definition) is 2. The number of esters is 2. The van der Waals surface area contributed by atoms with Crippen LogP contribution in [0.25, 0.3) is 10.8 Å². The van der Waals surface area contributed by atoms with Gasteiger partial charge in [0.2, 0.25) is 0 Å². The van der Waals surface area contributed by atoms with Crippen LogP contribution in [0.4, 0.5) is 0 Å². The van der Waals surface area contributed by atoms with Gasteiger partial charge in [-0.3, -0.25) is 0 Å². The van der Waals surface area contributed by atoms with Gasteiger partial charge in [0, 0.05) is 11.3 Å². The van der Waals surface area contributed by atoms with E-state index in [1.165, 1.54) is 14.2 Å². The first-order valence-electron chi connectivity index (χ1n) is 8.46. The number of carbonyl (C=O) groups excluding carboxylic acids is 2. The lowest BCUT2D eigenvalue weighted by Crippen LogP contribution is -2.33. The van der Waals surface area contributed by atoms with Crippen molar-refractivity contribution >= 4 is 22.7 Å². The second kappa shape index (κ2) is 7.15. The van der Waals surface area contributed by atoms with Gasteiger partial charge < -0.3 is 19.9 Å². The number of ether oxygens (including phenoxy) is 2. The van der Waals surface area contributed by atoms with Crippen molar-refractivity contribution in [2.75, 3.05) is 14.2 Å².